The summed E-state index contributed by atoms with van der Waals surface area (Å²) in [6.45, 7) is 1.96. The van der Waals surface area contributed by atoms with Gasteiger partial charge in [0.1, 0.15) is 0 Å². The molecule has 0 aliphatic carbocycles. The third-order valence-electron chi connectivity index (χ3n) is 4.20. The summed E-state index contributed by atoms with van der Waals surface area (Å²) in [5.74, 6) is 0. The van der Waals surface area contributed by atoms with E-state index in [2.05, 4.69) is 6.07 Å². The Morgan fingerprint density at radius 2 is 1.50 bits per heavy atom. The second-order valence-electron chi connectivity index (χ2n) is 5.81. The average molecular weight is 541 g/mol. The van der Waals surface area contributed by atoms with Gasteiger partial charge in [0.15, 0.2) is 9.84 Å². The van der Waals surface area contributed by atoms with Crippen LogP contribution in [0.2, 0.25) is 0 Å². The number of hydrogen-bond acceptors (Lipinski definition) is 4. The van der Waals surface area contributed by atoms with Gasteiger partial charge in [0, 0.05) is 31.5 Å². The molecule has 0 amide bonds. The molecule has 26 heavy (non-hydrogen) atoms. The van der Waals surface area contributed by atoms with Crippen LogP contribution in [-0.4, -0.2) is 15.5 Å². The van der Waals surface area contributed by atoms with E-state index in [-0.39, 0.29) is 29.9 Å². The van der Waals surface area contributed by atoms with Gasteiger partial charge in [0.2, 0.25) is 0 Å². The zero-order valence-corrected chi connectivity index (χ0v) is 17.2. The van der Waals surface area contributed by atoms with Gasteiger partial charge in [0.05, 0.1) is 4.90 Å². The SMILES string of the molecule is CN1[CH-]N(c2[c-]cc(S(=O)(=O)c3ccccc3)cc2)c2ccccc21.[Ir]. The number of rotatable bonds is 3. The minimum atomic E-state index is -3.52. The largest absolute Gasteiger partial charge is 0.504 e. The third kappa shape index (κ3) is 3.16. The fourth-order valence-electron chi connectivity index (χ4n) is 2.91. The zero-order chi connectivity index (χ0) is 17.4. The summed E-state index contributed by atoms with van der Waals surface area (Å²) in [7, 11) is -1.54. The van der Waals surface area contributed by atoms with Gasteiger partial charge in [0.25, 0.3) is 0 Å². The van der Waals surface area contributed by atoms with Gasteiger partial charge in [-0.25, -0.2) is 8.42 Å². The van der Waals surface area contributed by atoms with E-state index in [1.807, 2.05) is 47.8 Å². The molecule has 0 spiro atoms. The Kier molecular flexibility index (Phi) is 5.19. The Labute approximate surface area is 167 Å². The van der Waals surface area contributed by atoms with E-state index in [4.69, 9.17) is 0 Å². The molecule has 0 atom stereocenters. The fourth-order valence-corrected chi connectivity index (χ4v) is 4.16. The monoisotopic (exact) mass is 541 g/mol. The van der Waals surface area contributed by atoms with Crippen LogP contribution in [0.15, 0.2) is 82.6 Å². The molecular formula is C20H16IrN2O2S-2. The van der Waals surface area contributed by atoms with Gasteiger partial charge in [-0.3, -0.25) is 0 Å². The standard InChI is InChI=1S/C20H16N2O2S.Ir/c1-21-15-22(20-10-6-5-9-19(20)21)16-11-13-18(14-12-16)25(23,24)17-7-3-2-4-8-17;/h2-11,13-15H,1H3;/q-2;. The summed E-state index contributed by atoms with van der Waals surface area (Å²) in [6.07, 6.45) is 0. The molecule has 4 rings (SSSR count). The summed E-state index contributed by atoms with van der Waals surface area (Å²) in [5, 5.41) is 0. The van der Waals surface area contributed by atoms with Crippen molar-refractivity contribution < 1.29 is 28.5 Å². The number of benzene rings is 3. The quantitative estimate of drug-likeness (QED) is 0.471. The van der Waals surface area contributed by atoms with E-state index >= 15 is 0 Å². The van der Waals surface area contributed by atoms with Gasteiger partial charge >= 0.3 is 0 Å². The van der Waals surface area contributed by atoms with E-state index in [9.17, 15) is 8.42 Å². The molecule has 6 heteroatoms. The normalized spacial score (nSPS) is 13.3. The molecule has 3 aromatic rings. The van der Waals surface area contributed by atoms with E-state index in [1.54, 1.807) is 42.5 Å². The van der Waals surface area contributed by atoms with Gasteiger partial charge in [-0.1, -0.05) is 30.3 Å². The molecule has 1 heterocycles. The first-order valence-corrected chi connectivity index (χ1v) is 9.34. The van der Waals surface area contributed by atoms with Crippen molar-refractivity contribution in [3.05, 3.63) is 85.5 Å². The van der Waals surface area contributed by atoms with E-state index in [0.717, 1.165) is 17.1 Å². The first kappa shape index (κ1) is 18.6. The molecule has 0 unspecified atom stereocenters. The van der Waals surface area contributed by atoms with Crippen LogP contribution in [0.25, 0.3) is 0 Å². The number of sulfone groups is 1. The number of hydrogen-bond donors (Lipinski definition) is 0. The second kappa shape index (κ2) is 7.23. The Balaban J connectivity index is 0.00000196. The fraction of sp³-hybridized carbons (Fsp3) is 0.0500. The maximum absolute atomic E-state index is 12.7. The first-order valence-electron chi connectivity index (χ1n) is 7.85. The number of anilines is 3. The maximum atomic E-state index is 12.7. The number of para-hydroxylation sites is 2. The van der Waals surface area contributed by atoms with Crippen LogP contribution >= 0.6 is 0 Å². The molecule has 4 nitrogen and oxygen atoms in total. The van der Waals surface area contributed by atoms with Crippen LogP contribution in [0.1, 0.15) is 0 Å². The van der Waals surface area contributed by atoms with E-state index in [0.29, 0.717) is 0 Å². The van der Waals surface area contributed by atoms with E-state index < -0.39 is 9.84 Å². The van der Waals surface area contributed by atoms with Crippen molar-refractivity contribution in [1.82, 2.24) is 0 Å². The molecule has 0 aromatic heterocycles. The molecule has 0 saturated carbocycles. The van der Waals surface area contributed by atoms with Gasteiger partial charge < -0.3 is 9.80 Å². The molecule has 0 N–H and O–H groups in total. The molecule has 1 radical (unpaired) electrons. The molecule has 0 fully saturated rings. The van der Waals surface area contributed by atoms with Gasteiger partial charge in [-0.05, 0) is 36.2 Å². The van der Waals surface area contributed by atoms with Crippen LogP contribution in [0.5, 0.6) is 0 Å². The molecule has 1 aliphatic rings. The predicted molar refractivity (Wildman–Crippen MR) is 98.5 cm³/mol. The summed E-state index contributed by atoms with van der Waals surface area (Å²) >= 11 is 0. The summed E-state index contributed by atoms with van der Waals surface area (Å²) in [4.78, 5) is 4.55. The van der Waals surface area contributed by atoms with Crippen LogP contribution in [0, 0.1) is 12.7 Å². The van der Waals surface area contributed by atoms with Crippen molar-refractivity contribution in [3.8, 4) is 0 Å². The number of fused-ring (bicyclic) bond motifs is 1. The second-order valence-corrected chi connectivity index (χ2v) is 7.76. The van der Waals surface area contributed by atoms with E-state index in [1.165, 1.54) is 6.07 Å². The van der Waals surface area contributed by atoms with Crippen LogP contribution in [-0.2, 0) is 29.9 Å². The average Bonchev–Trinajstić information content (AvgIpc) is 3.00. The Morgan fingerprint density at radius 3 is 2.15 bits per heavy atom. The molecular weight excluding hydrogens is 525 g/mol. The smallest absolute Gasteiger partial charge is 0.160 e. The Bertz CT molecular complexity index is 1010. The molecule has 0 bridgehead atoms. The van der Waals surface area contributed by atoms with Crippen molar-refractivity contribution in [3.63, 3.8) is 0 Å². The Morgan fingerprint density at radius 1 is 0.846 bits per heavy atom. The summed E-state index contributed by atoms with van der Waals surface area (Å²) in [6, 6.07) is 24.5. The molecule has 3 aromatic carbocycles. The van der Waals surface area contributed by atoms with Crippen molar-refractivity contribution in [1.29, 1.82) is 0 Å². The van der Waals surface area contributed by atoms with Crippen molar-refractivity contribution >= 4 is 26.9 Å². The van der Waals surface area contributed by atoms with Crippen molar-refractivity contribution in [2.45, 2.75) is 9.79 Å². The minimum Gasteiger partial charge on any atom is -0.504 e. The predicted octanol–water partition coefficient (Wildman–Crippen LogP) is 4.02. The maximum Gasteiger partial charge on any atom is 0.160 e. The van der Waals surface area contributed by atoms with Crippen LogP contribution < -0.4 is 9.80 Å². The van der Waals surface area contributed by atoms with Crippen molar-refractivity contribution in [2.24, 2.45) is 0 Å². The molecule has 0 saturated heterocycles. The minimum absolute atomic E-state index is 0. The Hall–Kier alpha value is -2.14. The number of nitrogens with zero attached hydrogens (tertiary/aromatic N) is 2. The topological polar surface area (TPSA) is 40.6 Å². The summed E-state index contributed by atoms with van der Waals surface area (Å²) in [5.41, 5.74) is 2.93. The molecule has 135 valence electrons. The van der Waals surface area contributed by atoms with Crippen molar-refractivity contribution in [2.75, 3.05) is 16.8 Å². The van der Waals surface area contributed by atoms with Crippen LogP contribution in [0.4, 0.5) is 17.1 Å². The first-order chi connectivity index (χ1) is 12.1. The third-order valence-corrected chi connectivity index (χ3v) is 5.97. The van der Waals surface area contributed by atoms with Gasteiger partial charge in [-0.15, -0.1) is 11.8 Å². The zero-order valence-electron chi connectivity index (χ0n) is 14.0. The van der Waals surface area contributed by atoms with Gasteiger partial charge in [-0.2, -0.15) is 24.9 Å². The van der Waals surface area contributed by atoms with Crippen LogP contribution in [0.3, 0.4) is 0 Å². The summed E-state index contributed by atoms with van der Waals surface area (Å²) < 4.78 is 25.3. The molecule has 1 aliphatic heterocycles.